The quantitative estimate of drug-likeness (QED) is 0.154. The second-order valence-electron chi connectivity index (χ2n) is 18.0. The lowest BCUT2D eigenvalue weighted by atomic mass is 9.70. The van der Waals surface area contributed by atoms with E-state index >= 15 is 0 Å². The van der Waals surface area contributed by atoms with Gasteiger partial charge in [0, 0.05) is 44.3 Å². The number of benzene rings is 12. The summed E-state index contributed by atoms with van der Waals surface area (Å²) in [5, 5.41) is 9.73. The van der Waals surface area contributed by atoms with Crippen LogP contribution in [0.3, 0.4) is 0 Å². The molecule has 0 aromatic heterocycles. The average molecular weight is 851 g/mol. The Morgan fingerprint density at radius 3 is 0.925 bits per heavy atom. The van der Waals surface area contributed by atoms with Crippen molar-refractivity contribution in [2.24, 2.45) is 0 Å². The highest BCUT2D eigenvalue weighted by molar-refractivity contribution is 6.16. The van der Waals surface area contributed by atoms with Crippen LogP contribution in [-0.4, -0.2) is 0 Å². The van der Waals surface area contributed by atoms with Gasteiger partial charge in [-0.25, -0.2) is 0 Å². The monoisotopic (exact) mass is 850 g/mol. The van der Waals surface area contributed by atoms with Gasteiger partial charge in [0.25, 0.3) is 0 Å². The summed E-state index contributed by atoms with van der Waals surface area (Å²) < 4.78 is 0. The van der Waals surface area contributed by atoms with Crippen LogP contribution in [0.2, 0.25) is 0 Å². The molecule has 0 amide bonds. The molecule has 0 saturated heterocycles. The number of nitrogens with zero attached hydrogens (tertiary/aromatic N) is 2. The number of hydrogen-bond donors (Lipinski definition) is 0. The summed E-state index contributed by atoms with van der Waals surface area (Å²) in [6.07, 6.45) is 0. The fourth-order valence-corrected chi connectivity index (χ4v) is 11.8. The van der Waals surface area contributed by atoms with Crippen LogP contribution in [-0.2, 0) is 5.41 Å². The van der Waals surface area contributed by atoms with Crippen molar-refractivity contribution >= 4 is 77.2 Å². The second kappa shape index (κ2) is 14.7. The summed E-state index contributed by atoms with van der Waals surface area (Å²) in [6, 6.07) is 94.7. The molecule has 1 spiro atoms. The molecule has 2 aliphatic rings. The van der Waals surface area contributed by atoms with Crippen LogP contribution in [0.5, 0.6) is 0 Å². The Morgan fingerprint density at radius 1 is 0.224 bits per heavy atom. The highest BCUT2D eigenvalue weighted by Gasteiger charge is 2.52. The van der Waals surface area contributed by atoms with Gasteiger partial charge in [0.05, 0.1) is 16.8 Å². The van der Waals surface area contributed by atoms with Crippen LogP contribution in [0.4, 0.5) is 34.1 Å². The lowest BCUT2D eigenvalue weighted by Gasteiger charge is -2.34. The molecule has 0 bridgehead atoms. The number of para-hydroxylation sites is 2. The van der Waals surface area contributed by atoms with E-state index in [4.69, 9.17) is 0 Å². The van der Waals surface area contributed by atoms with Crippen LogP contribution in [0.15, 0.2) is 255 Å². The molecule has 0 atom stereocenters. The second-order valence-corrected chi connectivity index (χ2v) is 18.0. The van der Waals surface area contributed by atoms with E-state index in [2.05, 4.69) is 265 Å². The minimum absolute atomic E-state index is 0.601. The molecule has 0 aliphatic heterocycles. The zero-order valence-electron chi connectivity index (χ0n) is 36.6. The fourth-order valence-electron chi connectivity index (χ4n) is 11.8. The standard InChI is InChI=1S/C65H42N2/c1-3-23-47(24-4-1)66(63-51-27-11-7-19-43(51)39-44-20-8-12-28-52(44)63)49-35-37-57-55-31-15-17-33-59(55)65(61(57)41-49)60-34-18-16-32-56(60)58-38-36-50(42-62(58)65)67(48-25-5-2-6-26-48)64-53-29-13-9-21-45(53)40-46-22-10-14-30-54(46)64/h1-42H. The van der Waals surface area contributed by atoms with E-state index in [0.717, 1.165) is 22.7 Å². The smallest absolute Gasteiger partial charge is 0.0727 e. The highest BCUT2D eigenvalue weighted by atomic mass is 15.2. The molecule has 12 aromatic carbocycles. The van der Waals surface area contributed by atoms with Crippen LogP contribution in [0.1, 0.15) is 22.3 Å². The Morgan fingerprint density at radius 2 is 0.537 bits per heavy atom. The lowest BCUT2D eigenvalue weighted by molar-refractivity contribution is 0.793. The summed E-state index contributed by atoms with van der Waals surface area (Å²) in [4.78, 5) is 5.01. The fraction of sp³-hybridized carbons (Fsp3) is 0.0154. The predicted molar refractivity (Wildman–Crippen MR) is 282 cm³/mol. The summed E-state index contributed by atoms with van der Waals surface area (Å²) >= 11 is 0. The van der Waals surface area contributed by atoms with Gasteiger partial charge < -0.3 is 9.80 Å². The molecule has 2 nitrogen and oxygen atoms in total. The number of anilines is 6. The third kappa shape index (κ3) is 5.45. The summed E-state index contributed by atoms with van der Waals surface area (Å²) in [7, 11) is 0. The Balaban J connectivity index is 1.07. The van der Waals surface area contributed by atoms with Crippen molar-refractivity contribution in [2.45, 2.75) is 5.41 Å². The Hall–Kier alpha value is -8.72. The van der Waals surface area contributed by atoms with E-state index in [1.54, 1.807) is 0 Å². The Kier molecular flexibility index (Phi) is 8.23. The molecule has 0 N–H and O–H groups in total. The van der Waals surface area contributed by atoms with Gasteiger partial charge in [0.2, 0.25) is 0 Å². The van der Waals surface area contributed by atoms with Crippen LogP contribution < -0.4 is 9.80 Å². The van der Waals surface area contributed by atoms with E-state index in [0.29, 0.717) is 0 Å². The van der Waals surface area contributed by atoms with Gasteiger partial charge in [-0.3, -0.25) is 0 Å². The molecule has 0 fully saturated rings. The van der Waals surface area contributed by atoms with E-state index in [-0.39, 0.29) is 0 Å². The van der Waals surface area contributed by atoms with E-state index in [1.807, 2.05) is 0 Å². The normalized spacial score (nSPS) is 12.9. The molecule has 0 unspecified atom stereocenters. The average Bonchev–Trinajstić information content (AvgIpc) is 3.86. The van der Waals surface area contributed by atoms with E-state index in [1.165, 1.54) is 99.0 Å². The zero-order chi connectivity index (χ0) is 44.1. The van der Waals surface area contributed by atoms with Crippen molar-refractivity contribution in [3.8, 4) is 22.3 Å². The van der Waals surface area contributed by atoms with E-state index < -0.39 is 5.41 Å². The molecule has 14 rings (SSSR count). The van der Waals surface area contributed by atoms with Crippen LogP contribution >= 0.6 is 0 Å². The van der Waals surface area contributed by atoms with Crippen molar-refractivity contribution < 1.29 is 0 Å². The number of fused-ring (bicyclic) bond motifs is 14. The third-order valence-electron chi connectivity index (χ3n) is 14.5. The molecular formula is C65H42N2. The molecule has 312 valence electrons. The predicted octanol–water partition coefficient (Wildman–Crippen LogP) is 17.6. The molecule has 67 heavy (non-hydrogen) atoms. The third-order valence-corrected chi connectivity index (χ3v) is 14.5. The molecule has 12 aromatic rings. The number of rotatable bonds is 6. The zero-order valence-corrected chi connectivity index (χ0v) is 36.6. The van der Waals surface area contributed by atoms with Gasteiger partial charge in [-0.1, -0.05) is 194 Å². The maximum atomic E-state index is 2.52. The maximum absolute atomic E-state index is 2.52. The van der Waals surface area contributed by atoms with Crippen molar-refractivity contribution in [3.63, 3.8) is 0 Å². The topological polar surface area (TPSA) is 6.48 Å². The first kappa shape index (κ1) is 37.6. The summed E-state index contributed by atoms with van der Waals surface area (Å²) in [5.41, 5.74) is 16.5. The molecule has 0 radical (unpaired) electrons. The van der Waals surface area contributed by atoms with Crippen LogP contribution in [0, 0.1) is 0 Å². The minimum atomic E-state index is -0.601. The minimum Gasteiger partial charge on any atom is -0.309 e. The van der Waals surface area contributed by atoms with Gasteiger partial charge in [-0.2, -0.15) is 0 Å². The van der Waals surface area contributed by atoms with Gasteiger partial charge in [0.1, 0.15) is 0 Å². The van der Waals surface area contributed by atoms with Crippen molar-refractivity contribution in [1.29, 1.82) is 0 Å². The van der Waals surface area contributed by atoms with Crippen molar-refractivity contribution in [3.05, 3.63) is 277 Å². The first-order valence-corrected chi connectivity index (χ1v) is 23.3. The highest BCUT2D eigenvalue weighted by Crippen LogP contribution is 2.64. The van der Waals surface area contributed by atoms with Gasteiger partial charge in [-0.15, -0.1) is 0 Å². The lowest BCUT2D eigenvalue weighted by Crippen LogP contribution is -2.26. The van der Waals surface area contributed by atoms with Gasteiger partial charge in [0.15, 0.2) is 0 Å². The largest absolute Gasteiger partial charge is 0.309 e. The summed E-state index contributed by atoms with van der Waals surface area (Å²) in [5.74, 6) is 0. The Labute approximate surface area is 389 Å². The molecular weight excluding hydrogens is 809 g/mol. The number of hydrogen-bond acceptors (Lipinski definition) is 2. The maximum Gasteiger partial charge on any atom is 0.0727 e. The van der Waals surface area contributed by atoms with Crippen molar-refractivity contribution in [2.75, 3.05) is 9.80 Å². The summed E-state index contributed by atoms with van der Waals surface area (Å²) in [6.45, 7) is 0. The van der Waals surface area contributed by atoms with Gasteiger partial charge >= 0.3 is 0 Å². The Bertz CT molecular complexity index is 3580. The van der Waals surface area contributed by atoms with Gasteiger partial charge in [-0.05, 0) is 127 Å². The molecule has 0 saturated carbocycles. The van der Waals surface area contributed by atoms with Crippen LogP contribution in [0.25, 0.3) is 65.3 Å². The SMILES string of the molecule is c1ccc(N(c2ccc3c(c2)C2(c4ccccc4-3)c3ccccc3-c3ccc(N(c4ccccc4)c4c5ccccc5cc5ccccc45)cc32)c2c3ccccc3cc3ccccc23)cc1. The molecule has 2 aliphatic carbocycles. The van der Waals surface area contributed by atoms with E-state index in [9.17, 15) is 0 Å². The molecule has 2 heteroatoms. The first-order chi connectivity index (χ1) is 33.3. The van der Waals surface area contributed by atoms with Crippen molar-refractivity contribution in [1.82, 2.24) is 0 Å². The first-order valence-electron chi connectivity index (χ1n) is 23.3. The molecule has 0 heterocycles.